The Morgan fingerprint density at radius 1 is 1.42 bits per heavy atom. The summed E-state index contributed by atoms with van der Waals surface area (Å²) >= 11 is 3.43. The number of hydrogen-bond donors (Lipinski definition) is 1. The third-order valence-corrected chi connectivity index (χ3v) is 5.19. The second-order valence-electron chi connectivity index (χ2n) is 6.27. The first-order valence-corrected chi connectivity index (χ1v) is 8.90. The van der Waals surface area contributed by atoms with E-state index in [-0.39, 0.29) is 36.2 Å². The minimum atomic E-state index is -0.223. The molecule has 7 heteroatoms. The molecule has 1 N–H and O–H groups in total. The molecular weight excluding hydrogens is 394 g/mol. The zero-order chi connectivity index (χ0) is 16.4. The first-order chi connectivity index (χ1) is 11.1. The van der Waals surface area contributed by atoms with E-state index < -0.39 is 0 Å². The number of halogens is 2. The van der Waals surface area contributed by atoms with Gasteiger partial charge in [-0.1, -0.05) is 22.0 Å². The smallest absolute Gasteiger partial charge is 0.228 e. The highest BCUT2D eigenvalue weighted by molar-refractivity contribution is 9.10. The Morgan fingerprint density at radius 3 is 2.92 bits per heavy atom. The van der Waals surface area contributed by atoms with E-state index in [2.05, 4.69) is 21.2 Å². The fourth-order valence-corrected chi connectivity index (χ4v) is 3.96. The van der Waals surface area contributed by atoms with E-state index in [0.29, 0.717) is 13.0 Å². The molecule has 3 rings (SSSR count). The molecule has 0 bridgehead atoms. The summed E-state index contributed by atoms with van der Waals surface area (Å²) in [7, 11) is 1.91. The van der Waals surface area contributed by atoms with Crippen LogP contribution in [0.4, 0.5) is 5.69 Å². The van der Waals surface area contributed by atoms with Gasteiger partial charge >= 0.3 is 0 Å². The summed E-state index contributed by atoms with van der Waals surface area (Å²) in [6, 6.07) is 7.94. The Kier molecular flexibility index (Phi) is 6.66. The van der Waals surface area contributed by atoms with Crippen LogP contribution in [0.15, 0.2) is 28.7 Å². The number of benzene rings is 1. The van der Waals surface area contributed by atoms with Gasteiger partial charge in [0.1, 0.15) is 0 Å². The lowest BCUT2D eigenvalue weighted by molar-refractivity contribution is -0.136. The second kappa shape index (κ2) is 8.32. The second-order valence-corrected chi connectivity index (χ2v) is 7.19. The van der Waals surface area contributed by atoms with Crippen molar-refractivity contribution in [3.63, 3.8) is 0 Å². The van der Waals surface area contributed by atoms with Gasteiger partial charge in [0.25, 0.3) is 0 Å². The molecule has 2 aliphatic heterocycles. The van der Waals surface area contributed by atoms with Crippen molar-refractivity contribution in [2.24, 2.45) is 5.92 Å². The molecule has 1 aromatic rings. The summed E-state index contributed by atoms with van der Waals surface area (Å²) in [5.41, 5.74) is 0.855. The molecule has 24 heavy (non-hydrogen) atoms. The van der Waals surface area contributed by atoms with Crippen molar-refractivity contribution in [3.8, 4) is 0 Å². The molecule has 2 atom stereocenters. The topological polar surface area (TPSA) is 52.7 Å². The SMILES string of the molecule is CNCC1CCCN1C(=O)C1CC(=O)N(c2cccc(Br)c2)C1.Cl. The molecule has 0 radical (unpaired) electrons. The number of hydrogen-bond acceptors (Lipinski definition) is 3. The maximum absolute atomic E-state index is 12.8. The van der Waals surface area contributed by atoms with Crippen molar-refractivity contribution in [2.75, 3.05) is 31.6 Å². The molecule has 2 amide bonds. The van der Waals surface area contributed by atoms with E-state index in [0.717, 1.165) is 36.1 Å². The Balaban J connectivity index is 0.00000208. The molecule has 0 aromatic heterocycles. The highest BCUT2D eigenvalue weighted by atomic mass is 79.9. The summed E-state index contributed by atoms with van der Waals surface area (Å²) in [6.45, 7) is 2.12. The number of anilines is 1. The predicted molar refractivity (Wildman–Crippen MR) is 101 cm³/mol. The maximum Gasteiger partial charge on any atom is 0.228 e. The Hall–Kier alpha value is -1.11. The van der Waals surface area contributed by atoms with Crippen molar-refractivity contribution in [3.05, 3.63) is 28.7 Å². The highest BCUT2D eigenvalue weighted by Crippen LogP contribution is 2.30. The molecule has 0 saturated carbocycles. The number of rotatable bonds is 4. The summed E-state index contributed by atoms with van der Waals surface area (Å²) < 4.78 is 0.936. The van der Waals surface area contributed by atoms with Crippen LogP contribution in [0.25, 0.3) is 0 Å². The van der Waals surface area contributed by atoms with Crippen molar-refractivity contribution in [2.45, 2.75) is 25.3 Å². The number of nitrogens with zero attached hydrogens (tertiary/aromatic N) is 2. The van der Waals surface area contributed by atoms with E-state index >= 15 is 0 Å². The first-order valence-electron chi connectivity index (χ1n) is 8.11. The van der Waals surface area contributed by atoms with E-state index in [1.165, 1.54) is 0 Å². The Bertz CT molecular complexity index is 613. The lowest BCUT2D eigenvalue weighted by Crippen LogP contribution is -2.44. The molecule has 2 saturated heterocycles. The summed E-state index contributed by atoms with van der Waals surface area (Å²) in [5.74, 6) is -0.0571. The summed E-state index contributed by atoms with van der Waals surface area (Å²) in [5, 5.41) is 3.16. The molecular formula is C17H23BrClN3O2. The summed E-state index contributed by atoms with van der Waals surface area (Å²) in [6.07, 6.45) is 2.41. The van der Waals surface area contributed by atoms with Crippen LogP contribution in [0.2, 0.25) is 0 Å². The predicted octanol–water partition coefficient (Wildman–Crippen LogP) is 2.43. The average molecular weight is 417 g/mol. The number of carbonyl (C=O) groups is 2. The fourth-order valence-electron chi connectivity index (χ4n) is 3.57. The third-order valence-electron chi connectivity index (χ3n) is 4.69. The van der Waals surface area contributed by atoms with Crippen LogP contribution in [0.1, 0.15) is 19.3 Å². The minimum Gasteiger partial charge on any atom is -0.338 e. The van der Waals surface area contributed by atoms with Crippen LogP contribution >= 0.6 is 28.3 Å². The van der Waals surface area contributed by atoms with Crippen LogP contribution < -0.4 is 10.2 Å². The van der Waals surface area contributed by atoms with Crippen molar-refractivity contribution in [1.29, 1.82) is 0 Å². The Labute approximate surface area is 157 Å². The quantitative estimate of drug-likeness (QED) is 0.820. The Morgan fingerprint density at radius 2 is 2.21 bits per heavy atom. The van der Waals surface area contributed by atoms with E-state index in [4.69, 9.17) is 0 Å². The minimum absolute atomic E-state index is 0. The zero-order valence-corrected chi connectivity index (χ0v) is 16.1. The summed E-state index contributed by atoms with van der Waals surface area (Å²) in [4.78, 5) is 28.9. The van der Waals surface area contributed by atoms with Gasteiger partial charge in [-0.25, -0.2) is 0 Å². The van der Waals surface area contributed by atoms with E-state index in [9.17, 15) is 9.59 Å². The van der Waals surface area contributed by atoms with Gasteiger partial charge in [0.05, 0.1) is 5.92 Å². The van der Waals surface area contributed by atoms with Crippen molar-refractivity contribution < 1.29 is 9.59 Å². The molecule has 2 fully saturated rings. The van der Waals surface area contributed by atoms with Crippen LogP contribution in [-0.2, 0) is 9.59 Å². The van der Waals surface area contributed by atoms with Crippen molar-refractivity contribution in [1.82, 2.24) is 10.2 Å². The van der Waals surface area contributed by atoms with Gasteiger partial charge < -0.3 is 15.1 Å². The van der Waals surface area contributed by atoms with Gasteiger partial charge in [-0.2, -0.15) is 0 Å². The largest absolute Gasteiger partial charge is 0.338 e. The van der Waals surface area contributed by atoms with Crippen LogP contribution in [0.3, 0.4) is 0 Å². The molecule has 2 heterocycles. The number of nitrogens with one attached hydrogen (secondary N) is 1. The van der Waals surface area contributed by atoms with Gasteiger partial charge in [-0.15, -0.1) is 12.4 Å². The third kappa shape index (κ3) is 3.92. The monoisotopic (exact) mass is 415 g/mol. The number of likely N-dealkylation sites (N-methyl/N-ethyl adjacent to an activating group) is 1. The molecule has 5 nitrogen and oxygen atoms in total. The lowest BCUT2D eigenvalue weighted by Gasteiger charge is -2.27. The van der Waals surface area contributed by atoms with Crippen molar-refractivity contribution >= 4 is 45.8 Å². The lowest BCUT2D eigenvalue weighted by atomic mass is 10.1. The maximum atomic E-state index is 12.8. The van der Waals surface area contributed by atoms with Gasteiger partial charge in [0, 0.05) is 42.3 Å². The molecule has 1 aromatic carbocycles. The van der Waals surface area contributed by atoms with E-state index in [1.54, 1.807) is 4.90 Å². The standard InChI is InChI=1S/C17H22BrN3O2.ClH/c1-19-10-15-6-3-7-20(15)17(23)12-8-16(22)21(11-12)14-5-2-4-13(18)9-14;/h2,4-5,9,12,15,19H,3,6-8,10-11H2,1H3;1H. The molecule has 2 unspecified atom stereocenters. The normalized spacial score (nSPS) is 23.5. The molecule has 2 aliphatic rings. The molecule has 0 aliphatic carbocycles. The first kappa shape index (κ1) is 19.2. The van der Waals surface area contributed by atoms with Gasteiger partial charge in [-0.3, -0.25) is 9.59 Å². The van der Waals surface area contributed by atoms with Crippen LogP contribution in [0, 0.1) is 5.92 Å². The van der Waals surface area contributed by atoms with E-state index in [1.807, 2.05) is 36.2 Å². The van der Waals surface area contributed by atoms with Crippen LogP contribution in [0.5, 0.6) is 0 Å². The molecule has 0 spiro atoms. The van der Waals surface area contributed by atoms with Gasteiger partial charge in [-0.05, 0) is 38.1 Å². The van der Waals surface area contributed by atoms with Gasteiger partial charge in [0.15, 0.2) is 0 Å². The number of likely N-dealkylation sites (tertiary alicyclic amines) is 1. The number of amides is 2. The van der Waals surface area contributed by atoms with Crippen LogP contribution in [-0.4, -0.2) is 49.4 Å². The number of carbonyl (C=O) groups excluding carboxylic acids is 2. The molecule has 132 valence electrons. The van der Waals surface area contributed by atoms with Gasteiger partial charge in [0.2, 0.25) is 11.8 Å². The average Bonchev–Trinajstić information content (AvgIpc) is 3.14. The fraction of sp³-hybridized carbons (Fsp3) is 0.529. The highest BCUT2D eigenvalue weighted by Gasteiger charge is 2.40. The zero-order valence-electron chi connectivity index (χ0n) is 13.7.